The highest BCUT2D eigenvalue weighted by Gasteiger charge is 2.03. The average Bonchev–Trinajstić information content (AvgIpc) is 2.56. The van der Waals surface area contributed by atoms with Gasteiger partial charge in [-0.15, -0.1) is 0 Å². The molecule has 0 atom stereocenters. The van der Waals surface area contributed by atoms with Crippen molar-refractivity contribution in [2.24, 2.45) is 4.99 Å². The summed E-state index contributed by atoms with van der Waals surface area (Å²) >= 11 is 0. The molecule has 0 spiro atoms. The number of hydrogen-bond donors (Lipinski definition) is 2. The Morgan fingerprint density at radius 3 is 1.65 bits per heavy atom. The SMILES string of the molecule is CN=C(NCCc1ccccc1F)NCCc1ccccc1F. The zero-order chi connectivity index (χ0) is 16.5. The number of halogens is 2. The first kappa shape index (κ1) is 16.9. The molecule has 2 rings (SSSR count). The lowest BCUT2D eigenvalue weighted by Crippen LogP contribution is -2.39. The van der Waals surface area contributed by atoms with Crippen molar-refractivity contribution in [3.8, 4) is 0 Å². The number of nitrogens with one attached hydrogen (secondary N) is 2. The maximum absolute atomic E-state index is 13.5. The van der Waals surface area contributed by atoms with E-state index < -0.39 is 0 Å². The molecule has 23 heavy (non-hydrogen) atoms. The molecule has 122 valence electrons. The van der Waals surface area contributed by atoms with Crippen molar-refractivity contribution >= 4 is 5.96 Å². The lowest BCUT2D eigenvalue weighted by atomic mass is 10.1. The third-order valence-corrected chi connectivity index (χ3v) is 3.51. The van der Waals surface area contributed by atoms with Gasteiger partial charge in [0.2, 0.25) is 0 Å². The minimum atomic E-state index is -0.197. The molecule has 2 aromatic carbocycles. The highest BCUT2D eigenvalue weighted by atomic mass is 19.1. The summed E-state index contributed by atoms with van der Waals surface area (Å²) in [6, 6.07) is 13.4. The number of benzene rings is 2. The van der Waals surface area contributed by atoms with E-state index in [1.807, 2.05) is 12.1 Å². The van der Waals surface area contributed by atoms with E-state index in [9.17, 15) is 8.78 Å². The van der Waals surface area contributed by atoms with E-state index in [-0.39, 0.29) is 11.6 Å². The summed E-state index contributed by atoms with van der Waals surface area (Å²) in [5.74, 6) is 0.228. The first-order valence-electron chi connectivity index (χ1n) is 7.62. The van der Waals surface area contributed by atoms with Crippen molar-refractivity contribution in [1.29, 1.82) is 0 Å². The average molecular weight is 317 g/mol. The van der Waals surface area contributed by atoms with Crippen LogP contribution in [-0.2, 0) is 12.8 Å². The van der Waals surface area contributed by atoms with Gasteiger partial charge in [-0.2, -0.15) is 0 Å². The number of nitrogens with zero attached hydrogens (tertiary/aromatic N) is 1. The van der Waals surface area contributed by atoms with Crippen LogP contribution in [0, 0.1) is 11.6 Å². The third kappa shape index (κ3) is 5.36. The molecule has 0 aliphatic rings. The Morgan fingerprint density at radius 2 is 1.26 bits per heavy atom. The van der Waals surface area contributed by atoms with Gasteiger partial charge in [0.1, 0.15) is 11.6 Å². The second-order valence-electron chi connectivity index (χ2n) is 5.11. The quantitative estimate of drug-likeness (QED) is 0.635. The summed E-state index contributed by atoms with van der Waals surface area (Å²) in [5, 5.41) is 6.25. The minimum Gasteiger partial charge on any atom is -0.356 e. The molecule has 0 aromatic heterocycles. The van der Waals surface area contributed by atoms with Gasteiger partial charge in [0, 0.05) is 20.1 Å². The number of hydrogen-bond acceptors (Lipinski definition) is 1. The highest BCUT2D eigenvalue weighted by molar-refractivity contribution is 5.79. The molecule has 0 aliphatic carbocycles. The predicted molar refractivity (Wildman–Crippen MR) is 89.6 cm³/mol. The molecule has 0 saturated heterocycles. The molecule has 0 bridgehead atoms. The van der Waals surface area contributed by atoms with Crippen molar-refractivity contribution in [2.75, 3.05) is 20.1 Å². The molecule has 2 N–H and O–H groups in total. The molecule has 0 aliphatic heterocycles. The topological polar surface area (TPSA) is 36.4 Å². The first-order valence-corrected chi connectivity index (χ1v) is 7.62. The molecular formula is C18H21F2N3. The summed E-state index contributed by atoms with van der Waals surface area (Å²) in [6.07, 6.45) is 1.14. The van der Waals surface area contributed by atoms with Crippen LogP contribution in [0.1, 0.15) is 11.1 Å². The molecular weight excluding hydrogens is 296 g/mol. The van der Waals surface area contributed by atoms with Gasteiger partial charge in [0.25, 0.3) is 0 Å². The van der Waals surface area contributed by atoms with Gasteiger partial charge in [0.05, 0.1) is 0 Å². The summed E-state index contributed by atoms with van der Waals surface area (Å²) in [5.41, 5.74) is 1.34. The number of rotatable bonds is 6. The molecule has 0 amide bonds. The Labute approximate surface area is 135 Å². The zero-order valence-electron chi connectivity index (χ0n) is 13.2. The van der Waals surface area contributed by atoms with E-state index in [2.05, 4.69) is 15.6 Å². The number of aliphatic imine (C=N–C) groups is 1. The molecule has 0 fully saturated rings. The van der Waals surface area contributed by atoms with E-state index in [0.717, 1.165) is 0 Å². The Hall–Kier alpha value is -2.43. The summed E-state index contributed by atoms with van der Waals surface area (Å²) in [4.78, 5) is 4.10. The molecule has 0 saturated carbocycles. The standard InChI is InChI=1S/C18H21F2N3/c1-21-18(22-12-10-14-6-2-4-8-16(14)19)23-13-11-15-7-3-5-9-17(15)20/h2-9H,10-13H2,1H3,(H2,21,22,23). The van der Waals surface area contributed by atoms with Crippen molar-refractivity contribution in [1.82, 2.24) is 10.6 Å². The van der Waals surface area contributed by atoms with Crippen LogP contribution in [0.3, 0.4) is 0 Å². The van der Waals surface area contributed by atoms with Gasteiger partial charge in [-0.1, -0.05) is 36.4 Å². The van der Waals surface area contributed by atoms with Crippen LogP contribution in [0.15, 0.2) is 53.5 Å². The molecule has 0 heterocycles. The predicted octanol–water partition coefficient (Wildman–Crippen LogP) is 2.92. The molecule has 5 heteroatoms. The summed E-state index contributed by atoms with van der Waals surface area (Å²) in [6.45, 7) is 1.14. The second kappa shape index (κ2) is 8.88. The van der Waals surface area contributed by atoms with Gasteiger partial charge < -0.3 is 10.6 Å². The lowest BCUT2D eigenvalue weighted by Gasteiger charge is -2.12. The van der Waals surface area contributed by atoms with E-state index in [0.29, 0.717) is 43.0 Å². The van der Waals surface area contributed by atoms with Gasteiger partial charge in [-0.05, 0) is 36.1 Å². The molecule has 3 nitrogen and oxygen atoms in total. The Balaban J connectivity index is 1.74. The van der Waals surface area contributed by atoms with Crippen molar-refractivity contribution < 1.29 is 8.78 Å². The fourth-order valence-electron chi connectivity index (χ4n) is 2.25. The van der Waals surface area contributed by atoms with Gasteiger partial charge in [-0.3, -0.25) is 4.99 Å². The number of guanidine groups is 1. The van der Waals surface area contributed by atoms with E-state index >= 15 is 0 Å². The highest BCUT2D eigenvalue weighted by Crippen LogP contribution is 2.07. The fraction of sp³-hybridized carbons (Fsp3) is 0.278. The van der Waals surface area contributed by atoms with Crippen LogP contribution < -0.4 is 10.6 Å². The van der Waals surface area contributed by atoms with Crippen LogP contribution >= 0.6 is 0 Å². The summed E-state index contributed by atoms with van der Waals surface area (Å²) < 4.78 is 27.0. The smallest absolute Gasteiger partial charge is 0.190 e. The first-order chi connectivity index (χ1) is 11.2. The maximum Gasteiger partial charge on any atom is 0.190 e. The van der Waals surface area contributed by atoms with Gasteiger partial charge in [0.15, 0.2) is 5.96 Å². The van der Waals surface area contributed by atoms with Crippen LogP contribution in [0.25, 0.3) is 0 Å². The Kier molecular flexibility index (Phi) is 6.54. The zero-order valence-corrected chi connectivity index (χ0v) is 13.2. The maximum atomic E-state index is 13.5. The minimum absolute atomic E-state index is 0.197. The molecule has 0 unspecified atom stereocenters. The van der Waals surface area contributed by atoms with Crippen molar-refractivity contribution in [3.63, 3.8) is 0 Å². The van der Waals surface area contributed by atoms with Crippen LogP contribution in [0.5, 0.6) is 0 Å². The van der Waals surface area contributed by atoms with Gasteiger partial charge >= 0.3 is 0 Å². The van der Waals surface area contributed by atoms with Gasteiger partial charge in [-0.25, -0.2) is 8.78 Å². The van der Waals surface area contributed by atoms with Crippen molar-refractivity contribution in [2.45, 2.75) is 12.8 Å². The second-order valence-corrected chi connectivity index (χ2v) is 5.11. The summed E-state index contributed by atoms with van der Waals surface area (Å²) in [7, 11) is 1.67. The van der Waals surface area contributed by atoms with Crippen molar-refractivity contribution in [3.05, 3.63) is 71.3 Å². The van der Waals surface area contributed by atoms with E-state index in [1.165, 1.54) is 12.1 Å². The lowest BCUT2D eigenvalue weighted by molar-refractivity contribution is 0.604. The Morgan fingerprint density at radius 1 is 0.826 bits per heavy atom. The van der Waals surface area contributed by atoms with Crippen LogP contribution in [-0.4, -0.2) is 26.1 Å². The van der Waals surface area contributed by atoms with E-state index in [4.69, 9.17) is 0 Å². The normalized spacial score (nSPS) is 10.2. The van der Waals surface area contributed by atoms with E-state index in [1.54, 1.807) is 31.3 Å². The molecule has 0 radical (unpaired) electrons. The fourth-order valence-corrected chi connectivity index (χ4v) is 2.25. The van der Waals surface area contributed by atoms with Crippen LogP contribution in [0.2, 0.25) is 0 Å². The Bertz CT molecular complexity index is 603. The molecule has 2 aromatic rings. The third-order valence-electron chi connectivity index (χ3n) is 3.51. The monoisotopic (exact) mass is 317 g/mol. The van der Waals surface area contributed by atoms with Crippen LogP contribution in [0.4, 0.5) is 8.78 Å². The largest absolute Gasteiger partial charge is 0.356 e.